The van der Waals surface area contributed by atoms with Crippen molar-refractivity contribution < 1.29 is 23.9 Å². The molecule has 206 valence electrons. The van der Waals surface area contributed by atoms with E-state index in [4.69, 9.17) is 4.74 Å². The minimum atomic E-state index is -0.806. The monoisotopic (exact) mass is 540 g/mol. The lowest BCUT2D eigenvalue weighted by atomic mass is 10.0. The number of ketones is 1. The van der Waals surface area contributed by atoms with Gasteiger partial charge in [-0.1, -0.05) is 38.1 Å². The number of rotatable bonds is 8. The summed E-state index contributed by atoms with van der Waals surface area (Å²) in [7, 11) is 0. The number of amides is 3. The van der Waals surface area contributed by atoms with Gasteiger partial charge in [0.25, 0.3) is 11.8 Å². The molecule has 2 saturated heterocycles. The number of Topliss-reactive ketones (excluding diaryl/α,β-unsaturated/α-hetero) is 1. The number of pyridine rings is 1. The molecule has 1 N–H and O–H groups in total. The fourth-order valence-corrected chi connectivity index (χ4v) is 5.41. The van der Waals surface area contributed by atoms with Crippen LogP contribution >= 0.6 is 0 Å². The number of carbonyl (C=O) groups is 4. The molecule has 0 aliphatic carbocycles. The smallest absolute Gasteiger partial charge is 0.273 e. The Balaban J connectivity index is 1.27. The number of para-hydroxylation sites is 1. The molecule has 0 saturated carbocycles. The van der Waals surface area contributed by atoms with Crippen LogP contribution < -0.4 is 10.1 Å². The van der Waals surface area contributed by atoms with Crippen molar-refractivity contribution in [1.82, 2.24) is 20.1 Å². The summed E-state index contributed by atoms with van der Waals surface area (Å²) in [5, 5.41) is 2.89. The van der Waals surface area contributed by atoms with Crippen LogP contribution in [-0.2, 0) is 9.59 Å². The number of aromatic nitrogens is 1. The number of fused-ring (bicyclic) bond motifs is 1. The zero-order valence-corrected chi connectivity index (χ0v) is 22.5. The third-order valence-corrected chi connectivity index (χ3v) is 7.26. The summed E-state index contributed by atoms with van der Waals surface area (Å²) in [5.41, 5.74) is 0.663. The molecule has 2 aliphatic rings. The van der Waals surface area contributed by atoms with Crippen molar-refractivity contribution in [2.45, 2.75) is 44.8 Å². The van der Waals surface area contributed by atoms with Crippen LogP contribution in [0.1, 0.15) is 47.5 Å². The van der Waals surface area contributed by atoms with Crippen molar-refractivity contribution in [2.75, 3.05) is 13.1 Å². The van der Waals surface area contributed by atoms with Crippen LogP contribution in [-0.4, -0.2) is 69.5 Å². The molecule has 3 unspecified atom stereocenters. The van der Waals surface area contributed by atoms with Crippen molar-refractivity contribution in [1.29, 1.82) is 0 Å². The molecule has 2 aliphatic heterocycles. The predicted octanol–water partition coefficient (Wildman–Crippen LogP) is 3.71. The van der Waals surface area contributed by atoms with Crippen molar-refractivity contribution >= 4 is 23.5 Å². The first-order valence-corrected chi connectivity index (χ1v) is 13.5. The summed E-state index contributed by atoms with van der Waals surface area (Å²) < 4.78 is 5.80. The van der Waals surface area contributed by atoms with Crippen LogP contribution in [0.15, 0.2) is 79.0 Å². The maximum atomic E-state index is 13.8. The van der Waals surface area contributed by atoms with E-state index in [2.05, 4.69) is 10.3 Å². The molecule has 0 spiro atoms. The maximum Gasteiger partial charge on any atom is 0.273 e. The number of ether oxygens (including phenoxy) is 1. The molecule has 0 radical (unpaired) electrons. The Morgan fingerprint density at radius 1 is 0.950 bits per heavy atom. The second kappa shape index (κ2) is 11.7. The molecule has 2 aromatic carbocycles. The second-order valence-electron chi connectivity index (χ2n) is 10.5. The number of benzene rings is 2. The van der Waals surface area contributed by atoms with E-state index < -0.39 is 18.1 Å². The van der Waals surface area contributed by atoms with Gasteiger partial charge in [0, 0.05) is 18.3 Å². The molecular formula is C31H32N4O5. The van der Waals surface area contributed by atoms with Gasteiger partial charge in [0.2, 0.25) is 5.91 Å². The molecule has 3 heterocycles. The van der Waals surface area contributed by atoms with Crippen LogP contribution in [0.2, 0.25) is 0 Å². The number of hydrogen-bond acceptors (Lipinski definition) is 6. The lowest BCUT2D eigenvalue weighted by Gasteiger charge is -2.29. The fourth-order valence-electron chi connectivity index (χ4n) is 5.41. The molecule has 40 heavy (non-hydrogen) atoms. The summed E-state index contributed by atoms with van der Waals surface area (Å²) in [4.78, 5) is 60.2. The third-order valence-electron chi connectivity index (χ3n) is 7.26. The minimum absolute atomic E-state index is 0.0624. The summed E-state index contributed by atoms with van der Waals surface area (Å²) in [5.74, 6) is 0.213. The lowest BCUT2D eigenvalue weighted by molar-refractivity contribution is -0.138. The normalized spacial score (nSPS) is 18.9. The maximum absolute atomic E-state index is 13.8. The largest absolute Gasteiger partial charge is 0.457 e. The summed E-state index contributed by atoms with van der Waals surface area (Å²) in [6.45, 7) is 4.22. The molecule has 9 nitrogen and oxygen atoms in total. The highest BCUT2D eigenvalue weighted by atomic mass is 16.5. The van der Waals surface area contributed by atoms with E-state index in [-0.39, 0.29) is 41.7 Å². The SMILES string of the molecule is CC(C)CC(NC(=O)c1ccc(Oc2ccccc2)cc1)C(=O)N1CCC2C1C(=O)CN2C(=O)c1ccccn1. The number of carbonyl (C=O) groups excluding carboxylic acids is 4. The standard InChI is InChI=1S/C31H32N4O5/c1-20(2)18-25(33-29(37)21-11-13-23(14-12-21)40-22-8-4-3-5-9-22)31(39)34-17-15-26-28(34)27(36)19-35(26)30(38)24-10-6-7-16-32-24/h3-14,16,20,25-26,28H,15,17-19H2,1-2H3,(H,33,37). The molecule has 0 bridgehead atoms. The van der Waals surface area contributed by atoms with E-state index in [0.29, 0.717) is 36.4 Å². The van der Waals surface area contributed by atoms with E-state index in [1.807, 2.05) is 44.2 Å². The van der Waals surface area contributed by atoms with Crippen LogP contribution in [0.4, 0.5) is 0 Å². The molecule has 3 amide bonds. The van der Waals surface area contributed by atoms with Crippen LogP contribution in [0.25, 0.3) is 0 Å². The first kappa shape index (κ1) is 27.1. The topological polar surface area (TPSA) is 109 Å². The number of nitrogens with one attached hydrogen (secondary N) is 1. The zero-order valence-electron chi connectivity index (χ0n) is 22.5. The van der Waals surface area contributed by atoms with Gasteiger partial charge in [0.15, 0.2) is 5.78 Å². The van der Waals surface area contributed by atoms with Gasteiger partial charge in [-0.25, -0.2) is 0 Å². The van der Waals surface area contributed by atoms with E-state index in [1.165, 1.54) is 11.1 Å². The Morgan fingerprint density at radius 2 is 1.65 bits per heavy atom. The average molecular weight is 541 g/mol. The second-order valence-corrected chi connectivity index (χ2v) is 10.5. The number of likely N-dealkylation sites (tertiary alicyclic amines) is 2. The Bertz CT molecular complexity index is 1380. The van der Waals surface area contributed by atoms with E-state index in [0.717, 1.165) is 0 Å². The molecular weight excluding hydrogens is 508 g/mol. The van der Waals surface area contributed by atoms with E-state index in [1.54, 1.807) is 47.4 Å². The summed E-state index contributed by atoms with van der Waals surface area (Å²) in [6, 6.07) is 19.2. The lowest BCUT2D eigenvalue weighted by Crippen LogP contribution is -2.53. The highest BCUT2D eigenvalue weighted by Gasteiger charge is 2.52. The van der Waals surface area contributed by atoms with Gasteiger partial charge in [0.1, 0.15) is 29.3 Å². The third kappa shape index (κ3) is 5.73. The van der Waals surface area contributed by atoms with Crippen molar-refractivity contribution in [3.8, 4) is 11.5 Å². The fraction of sp³-hybridized carbons (Fsp3) is 0.323. The molecule has 2 fully saturated rings. The predicted molar refractivity (Wildman–Crippen MR) is 148 cm³/mol. The Kier molecular flexibility index (Phi) is 7.91. The Hall–Kier alpha value is -4.53. The minimum Gasteiger partial charge on any atom is -0.457 e. The molecule has 5 rings (SSSR count). The molecule has 9 heteroatoms. The van der Waals surface area contributed by atoms with E-state index >= 15 is 0 Å². The number of hydrogen-bond donors (Lipinski definition) is 1. The molecule has 3 aromatic rings. The van der Waals surface area contributed by atoms with Crippen molar-refractivity contribution in [3.05, 3.63) is 90.3 Å². The highest BCUT2D eigenvalue weighted by Crippen LogP contribution is 2.31. The molecule has 1 aromatic heterocycles. The van der Waals surface area contributed by atoms with Gasteiger partial charge < -0.3 is 19.9 Å². The Labute approximate surface area is 233 Å². The van der Waals surface area contributed by atoms with Crippen LogP contribution in [0.3, 0.4) is 0 Å². The van der Waals surface area contributed by atoms with Gasteiger partial charge in [-0.15, -0.1) is 0 Å². The Morgan fingerprint density at radius 3 is 2.33 bits per heavy atom. The van der Waals surface area contributed by atoms with Crippen molar-refractivity contribution in [3.63, 3.8) is 0 Å². The van der Waals surface area contributed by atoms with Crippen LogP contribution in [0.5, 0.6) is 11.5 Å². The summed E-state index contributed by atoms with van der Waals surface area (Å²) in [6.07, 6.45) is 2.44. The average Bonchev–Trinajstić information content (AvgIpc) is 3.54. The zero-order chi connectivity index (χ0) is 28.2. The van der Waals surface area contributed by atoms with Crippen molar-refractivity contribution in [2.24, 2.45) is 5.92 Å². The van der Waals surface area contributed by atoms with Gasteiger partial charge in [-0.3, -0.25) is 24.2 Å². The summed E-state index contributed by atoms with van der Waals surface area (Å²) >= 11 is 0. The van der Waals surface area contributed by atoms with Gasteiger partial charge in [-0.2, -0.15) is 0 Å². The quantitative estimate of drug-likeness (QED) is 0.467. The number of nitrogens with zero attached hydrogens (tertiary/aromatic N) is 3. The van der Waals surface area contributed by atoms with Gasteiger partial charge in [0.05, 0.1) is 12.6 Å². The van der Waals surface area contributed by atoms with E-state index in [9.17, 15) is 19.2 Å². The first-order chi connectivity index (χ1) is 19.3. The highest BCUT2D eigenvalue weighted by molar-refractivity contribution is 6.03. The van der Waals surface area contributed by atoms with Gasteiger partial charge >= 0.3 is 0 Å². The molecule has 3 atom stereocenters. The van der Waals surface area contributed by atoms with Crippen LogP contribution in [0, 0.1) is 5.92 Å². The van der Waals surface area contributed by atoms with Gasteiger partial charge in [-0.05, 0) is 67.3 Å². The first-order valence-electron chi connectivity index (χ1n) is 13.5.